The minimum Gasteiger partial charge on any atom is -0.462 e. The van der Waals surface area contributed by atoms with Gasteiger partial charge in [-0.25, -0.2) is 4.79 Å². The summed E-state index contributed by atoms with van der Waals surface area (Å²) in [6.07, 6.45) is 4.26. The fourth-order valence-corrected chi connectivity index (χ4v) is 2.09. The molecule has 1 aromatic carbocycles. The summed E-state index contributed by atoms with van der Waals surface area (Å²) in [5.41, 5.74) is 6.72. The Morgan fingerprint density at radius 3 is 2.85 bits per heavy atom. The molecule has 0 spiro atoms. The number of nitrogens with two attached hydrogens (primary N) is 1. The SMILES string of the molecule is CCOC(=O)c1cccc(NC(=O)C2C=CC(N)C2)c1. The summed E-state index contributed by atoms with van der Waals surface area (Å²) < 4.78 is 4.92. The number of benzene rings is 1. The van der Waals surface area contributed by atoms with E-state index in [1.54, 1.807) is 31.2 Å². The molecule has 2 unspecified atom stereocenters. The van der Waals surface area contributed by atoms with E-state index in [0.717, 1.165) is 0 Å². The van der Waals surface area contributed by atoms with Crippen molar-refractivity contribution in [1.82, 2.24) is 0 Å². The molecule has 3 N–H and O–H groups in total. The molecule has 0 saturated carbocycles. The van der Waals surface area contributed by atoms with Gasteiger partial charge in [0.05, 0.1) is 18.1 Å². The van der Waals surface area contributed by atoms with E-state index >= 15 is 0 Å². The number of hydrogen-bond donors (Lipinski definition) is 2. The Morgan fingerprint density at radius 1 is 1.40 bits per heavy atom. The first-order chi connectivity index (χ1) is 9.60. The van der Waals surface area contributed by atoms with E-state index in [9.17, 15) is 9.59 Å². The highest BCUT2D eigenvalue weighted by molar-refractivity contribution is 5.96. The van der Waals surface area contributed by atoms with Crippen LogP contribution < -0.4 is 11.1 Å². The highest BCUT2D eigenvalue weighted by Crippen LogP contribution is 2.19. The van der Waals surface area contributed by atoms with Crippen LogP contribution in [-0.2, 0) is 9.53 Å². The minimum absolute atomic E-state index is 0.0587. The van der Waals surface area contributed by atoms with E-state index in [0.29, 0.717) is 24.3 Å². The Kier molecular flexibility index (Phi) is 4.53. The van der Waals surface area contributed by atoms with Crippen LogP contribution in [0.25, 0.3) is 0 Å². The van der Waals surface area contributed by atoms with Crippen molar-refractivity contribution >= 4 is 17.6 Å². The van der Waals surface area contributed by atoms with Gasteiger partial charge in [-0.05, 0) is 31.5 Å². The van der Waals surface area contributed by atoms with Gasteiger partial charge in [-0.3, -0.25) is 4.79 Å². The standard InChI is InChI=1S/C15H18N2O3/c1-2-20-15(19)11-4-3-5-13(9-11)17-14(18)10-6-7-12(16)8-10/h3-7,9-10,12H,2,8,16H2,1H3,(H,17,18). The predicted molar refractivity (Wildman–Crippen MR) is 76.3 cm³/mol. The molecular weight excluding hydrogens is 256 g/mol. The zero-order valence-corrected chi connectivity index (χ0v) is 11.3. The summed E-state index contributed by atoms with van der Waals surface area (Å²) in [7, 11) is 0. The van der Waals surface area contributed by atoms with Crippen molar-refractivity contribution in [2.24, 2.45) is 11.7 Å². The van der Waals surface area contributed by atoms with Crippen molar-refractivity contribution in [2.75, 3.05) is 11.9 Å². The topological polar surface area (TPSA) is 81.4 Å². The van der Waals surface area contributed by atoms with E-state index in [4.69, 9.17) is 10.5 Å². The Morgan fingerprint density at radius 2 is 2.20 bits per heavy atom. The molecule has 0 aliphatic heterocycles. The lowest BCUT2D eigenvalue weighted by Gasteiger charge is -2.11. The molecule has 5 nitrogen and oxygen atoms in total. The average Bonchev–Trinajstić information content (AvgIpc) is 2.86. The largest absolute Gasteiger partial charge is 0.462 e. The van der Waals surface area contributed by atoms with Crippen LogP contribution in [-0.4, -0.2) is 24.5 Å². The van der Waals surface area contributed by atoms with Crippen LogP contribution in [0.3, 0.4) is 0 Å². The zero-order chi connectivity index (χ0) is 14.5. The summed E-state index contributed by atoms with van der Waals surface area (Å²) >= 11 is 0. The fraction of sp³-hybridized carbons (Fsp3) is 0.333. The van der Waals surface area contributed by atoms with Crippen molar-refractivity contribution in [3.05, 3.63) is 42.0 Å². The molecule has 1 amide bonds. The number of carbonyl (C=O) groups excluding carboxylic acids is 2. The second-order valence-electron chi connectivity index (χ2n) is 4.68. The molecule has 1 aromatic rings. The number of rotatable bonds is 4. The van der Waals surface area contributed by atoms with Crippen molar-refractivity contribution in [2.45, 2.75) is 19.4 Å². The first-order valence-electron chi connectivity index (χ1n) is 6.62. The van der Waals surface area contributed by atoms with Crippen molar-refractivity contribution in [1.29, 1.82) is 0 Å². The lowest BCUT2D eigenvalue weighted by Crippen LogP contribution is -2.24. The van der Waals surface area contributed by atoms with Crippen LogP contribution in [0, 0.1) is 5.92 Å². The third kappa shape index (κ3) is 3.45. The number of carbonyl (C=O) groups is 2. The lowest BCUT2D eigenvalue weighted by atomic mass is 10.1. The molecule has 0 radical (unpaired) electrons. The third-order valence-electron chi connectivity index (χ3n) is 3.09. The summed E-state index contributed by atoms with van der Waals surface area (Å²) in [6, 6.07) is 6.64. The van der Waals surface area contributed by atoms with Gasteiger partial charge >= 0.3 is 5.97 Å². The molecular formula is C15H18N2O3. The molecule has 0 saturated heterocycles. The Labute approximate surface area is 117 Å². The van der Waals surface area contributed by atoms with Crippen LogP contribution >= 0.6 is 0 Å². The first kappa shape index (κ1) is 14.3. The van der Waals surface area contributed by atoms with E-state index in [1.165, 1.54) is 0 Å². The number of nitrogens with one attached hydrogen (secondary N) is 1. The van der Waals surface area contributed by atoms with Gasteiger partial charge < -0.3 is 15.8 Å². The number of anilines is 1. The number of hydrogen-bond acceptors (Lipinski definition) is 4. The maximum Gasteiger partial charge on any atom is 0.338 e. The van der Waals surface area contributed by atoms with Gasteiger partial charge in [0.2, 0.25) is 5.91 Å². The first-order valence-corrected chi connectivity index (χ1v) is 6.62. The van der Waals surface area contributed by atoms with E-state index in [-0.39, 0.29) is 17.9 Å². The molecule has 2 rings (SSSR count). The van der Waals surface area contributed by atoms with Crippen molar-refractivity contribution in [3.8, 4) is 0 Å². The molecule has 1 aliphatic rings. The van der Waals surface area contributed by atoms with Gasteiger partial charge in [-0.2, -0.15) is 0 Å². The summed E-state index contributed by atoms with van der Waals surface area (Å²) in [5.74, 6) is -0.724. The predicted octanol–water partition coefficient (Wildman–Crippen LogP) is 1.71. The molecule has 2 atom stereocenters. The Hall–Kier alpha value is -2.14. The lowest BCUT2D eigenvalue weighted by molar-refractivity contribution is -0.118. The number of amides is 1. The smallest absolute Gasteiger partial charge is 0.338 e. The molecule has 20 heavy (non-hydrogen) atoms. The molecule has 0 aromatic heterocycles. The van der Waals surface area contributed by atoms with Gasteiger partial charge in [0.1, 0.15) is 0 Å². The number of ether oxygens (including phenoxy) is 1. The Bertz CT molecular complexity index is 540. The van der Waals surface area contributed by atoms with Crippen LogP contribution in [0.1, 0.15) is 23.7 Å². The molecule has 5 heteroatoms. The van der Waals surface area contributed by atoms with E-state index < -0.39 is 5.97 Å². The van der Waals surface area contributed by atoms with E-state index in [1.807, 2.05) is 12.2 Å². The van der Waals surface area contributed by atoms with Gasteiger partial charge in [-0.15, -0.1) is 0 Å². The quantitative estimate of drug-likeness (QED) is 0.647. The average molecular weight is 274 g/mol. The number of esters is 1. The van der Waals surface area contributed by atoms with Gasteiger partial charge in [0, 0.05) is 11.7 Å². The van der Waals surface area contributed by atoms with Crippen molar-refractivity contribution < 1.29 is 14.3 Å². The molecule has 0 heterocycles. The second-order valence-corrected chi connectivity index (χ2v) is 4.68. The second kappa shape index (κ2) is 6.34. The highest BCUT2D eigenvalue weighted by atomic mass is 16.5. The summed E-state index contributed by atoms with van der Waals surface area (Å²) in [5, 5.41) is 2.79. The minimum atomic E-state index is -0.397. The van der Waals surface area contributed by atoms with Crippen LogP contribution in [0.15, 0.2) is 36.4 Å². The normalized spacial score (nSPS) is 20.7. The maximum absolute atomic E-state index is 12.0. The van der Waals surface area contributed by atoms with Crippen LogP contribution in [0.2, 0.25) is 0 Å². The molecule has 0 fully saturated rings. The van der Waals surface area contributed by atoms with Gasteiger partial charge in [-0.1, -0.05) is 18.2 Å². The highest BCUT2D eigenvalue weighted by Gasteiger charge is 2.22. The monoisotopic (exact) mass is 274 g/mol. The van der Waals surface area contributed by atoms with Gasteiger partial charge in [0.15, 0.2) is 0 Å². The third-order valence-corrected chi connectivity index (χ3v) is 3.09. The van der Waals surface area contributed by atoms with E-state index in [2.05, 4.69) is 5.32 Å². The summed E-state index contributed by atoms with van der Waals surface area (Å²) in [4.78, 5) is 23.7. The van der Waals surface area contributed by atoms with Crippen LogP contribution in [0.4, 0.5) is 5.69 Å². The van der Waals surface area contributed by atoms with Crippen molar-refractivity contribution in [3.63, 3.8) is 0 Å². The van der Waals surface area contributed by atoms with Crippen LogP contribution in [0.5, 0.6) is 0 Å². The molecule has 1 aliphatic carbocycles. The molecule has 106 valence electrons. The molecule has 0 bridgehead atoms. The zero-order valence-electron chi connectivity index (χ0n) is 11.3. The fourth-order valence-electron chi connectivity index (χ4n) is 2.09. The van der Waals surface area contributed by atoms with Gasteiger partial charge in [0.25, 0.3) is 0 Å². The summed E-state index contributed by atoms with van der Waals surface area (Å²) in [6.45, 7) is 2.07. The maximum atomic E-state index is 12.0. The Balaban J connectivity index is 2.03.